The summed E-state index contributed by atoms with van der Waals surface area (Å²) in [5.41, 5.74) is 1.05. The summed E-state index contributed by atoms with van der Waals surface area (Å²) in [6.45, 7) is 2.93. The highest BCUT2D eigenvalue weighted by Crippen LogP contribution is 2.20. The number of piperazine rings is 1. The number of nitro groups is 1. The standard InChI is InChI=1S/C16H20N4O4S2/c21-12-17-6-5-15(22)18-7-9-19(10-8-18)16(25)26-11-13-1-3-14(4-2-13)20(23)24/h1-4,12H,5-11H2,(H,17,21). The number of nitro benzene ring substituents is 1. The van der Waals surface area contributed by atoms with E-state index in [4.69, 9.17) is 12.2 Å². The number of carbonyl (C=O) groups is 2. The quantitative estimate of drug-likeness (QED) is 0.245. The first-order chi connectivity index (χ1) is 12.5. The molecule has 0 radical (unpaired) electrons. The van der Waals surface area contributed by atoms with Crippen molar-refractivity contribution in [3.63, 3.8) is 0 Å². The number of nitrogens with one attached hydrogen (secondary N) is 1. The highest BCUT2D eigenvalue weighted by molar-refractivity contribution is 8.22. The van der Waals surface area contributed by atoms with Gasteiger partial charge in [-0.15, -0.1) is 0 Å². The van der Waals surface area contributed by atoms with Gasteiger partial charge < -0.3 is 15.1 Å². The van der Waals surface area contributed by atoms with Gasteiger partial charge >= 0.3 is 0 Å². The van der Waals surface area contributed by atoms with Gasteiger partial charge in [0.1, 0.15) is 4.32 Å². The molecule has 2 amide bonds. The van der Waals surface area contributed by atoms with Gasteiger partial charge in [0.2, 0.25) is 12.3 Å². The maximum atomic E-state index is 12.0. The van der Waals surface area contributed by atoms with Gasteiger partial charge in [-0.2, -0.15) is 0 Å². The number of thioether (sulfide) groups is 1. The third-order valence-corrected chi connectivity index (χ3v) is 5.56. The number of hydrogen-bond donors (Lipinski definition) is 1. The van der Waals surface area contributed by atoms with E-state index in [0.29, 0.717) is 51.3 Å². The Morgan fingerprint density at radius 2 is 1.85 bits per heavy atom. The third-order valence-electron chi connectivity index (χ3n) is 3.97. The maximum Gasteiger partial charge on any atom is 0.269 e. The highest BCUT2D eigenvalue weighted by atomic mass is 32.2. The molecule has 1 heterocycles. The third kappa shape index (κ3) is 5.95. The number of rotatable bonds is 7. The van der Waals surface area contributed by atoms with Crippen molar-refractivity contribution in [2.24, 2.45) is 0 Å². The molecule has 0 saturated carbocycles. The largest absolute Gasteiger partial charge is 0.358 e. The molecule has 10 heteroatoms. The van der Waals surface area contributed by atoms with Crippen LogP contribution in [-0.4, -0.2) is 64.1 Å². The van der Waals surface area contributed by atoms with Crippen molar-refractivity contribution in [3.8, 4) is 0 Å². The lowest BCUT2D eigenvalue weighted by Crippen LogP contribution is -2.50. The van der Waals surface area contributed by atoms with Gasteiger partial charge in [-0.25, -0.2) is 0 Å². The Labute approximate surface area is 161 Å². The van der Waals surface area contributed by atoms with Crippen molar-refractivity contribution in [3.05, 3.63) is 39.9 Å². The zero-order valence-corrected chi connectivity index (χ0v) is 15.8. The van der Waals surface area contributed by atoms with E-state index < -0.39 is 4.92 Å². The smallest absolute Gasteiger partial charge is 0.269 e. The molecule has 0 unspecified atom stereocenters. The second-order valence-electron chi connectivity index (χ2n) is 5.67. The van der Waals surface area contributed by atoms with E-state index in [1.165, 1.54) is 23.9 Å². The Kier molecular flexibility index (Phi) is 7.79. The number of non-ortho nitro benzene ring substituents is 1. The molecule has 1 saturated heterocycles. The zero-order chi connectivity index (χ0) is 18.9. The van der Waals surface area contributed by atoms with Gasteiger partial charge in [-0.05, 0) is 5.56 Å². The minimum atomic E-state index is -0.419. The minimum Gasteiger partial charge on any atom is -0.358 e. The van der Waals surface area contributed by atoms with Crippen molar-refractivity contribution in [1.29, 1.82) is 0 Å². The second kappa shape index (κ2) is 10.1. The number of amides is 2. The Morgan fingerprint density at radius 3 is 2.42 bits per heavy atom. The second-order valence-corrected chi connectivity index (χ2v) is 7.28. The van der Waals surface area contributed by atoms with Crippen LogP contribution >= 0.6 is 24.0 Å². The number of thiocarbonyl (C=S) groups is 1. The first kappa shape index (κ1) is 20.1. The monoisotopic (exact) mass is 396 g/mol. The van der Waals surface area contributed by atoms with Gasteiger partial charge in [0, 0.05) is 57.0 Å². The molecule has 1 fully saturated rings. The summed E-state index contributed by atoms with van der Waals surface area (Å²) >= 11 is 6.97. The van der Waals surface area contributed by atoms with E-state index in [9.17, 15) is 19.7 Å². The lowest BCUT2D eigenvalue weighted by Gasteiger charge is -2.36. The SMILES string of the molecule is O=CNCCC(=O)N1CCN(C(=S)SCc2ccc([N+](=O)[O-])cc2)CC1. The van der Waals surface area contributed by atoms with Gasteiger partial charge in [0.15, 0.2) is 0 Å². The van der Waals surface area contributed by atoms with Gasteiger partial charge in [0.05, 0.1) is 4.92 Å². The first-order valence-electron chi connectivity index (χ1n) is 8.11. The Hall–Kier alpha value is -2.20. The predicted octanol–water partition coefficient (Wildman–Crippen LogP) is 1.39. The van der Waals surface area contributed by atoms with Crippen LogP contribution in [0.5, 0.6) is 0 Å². The molecule has 1 aliphatic heterocycles. The van der Waals surface area contributed by atoms with Crippen LogP contribution < -0.4 is 5.32 Å². The zero-order valence-electron chi connectivity index (χ0n) is 14.1. The van der Waals surface area contributed by atoms with E-state index in [1.807, 2.05) is 0 Å². The van der Waals surface area contributed by atoms with Crippen LogP contribution in [0.15, 0.2) is 24.3 Å². The number of carbonyl (C=O) groups excluding carboxylic acids is 2. The molecular formula is C16H20N4O4S2. The predicted molar refractivity (Wildman–Crippen MR) is 104 cm³/mol. The number of benzene rings is 1. The minimum absolute atomic E-state index is 0.0310. The summed E-state index contributed by atoms with van der Waals surface area (Å²) in [5, 5.41) is 13.1. The first-order valence-corrected chi connectivity index (χ1v) is 9.50. The molecular weight excluding hydrogens is 376 g/mol. The van der Waals surface area contributed by atoms with Crippen LogP contribution in [-0.2, 0) is 15.3 Å². The topological polar surface area (TPSA) is 95.8 Å². The molecule has 2 rings (SSSR count). The van der Waals surface area contributed by atoms with Crippen molar-refractivity contribution < 1.29 is 14.5 Å². The lowest BCUT2D eigenvalue weighted by atomic mass is 10.2. The highest BCUT2D eigenvalue weighted by Gasteiger charge is 2.22. The average Bonchev–Trinajstić information content (AvgIpc) is 2.66. The Morgan fingerprint density at radius 1 is 1.23 bits per heavy atom. The maximum absolute atomic E-state index is 12.0. The molecule has 1 aliphatic rings. The van der Waals surface area contributed by atoms with Crippen LogP contribution in [0.3, 0.4) is 0 Å². The van der Waals surface area contributed by atoms with Crippen molar-refractivity contribution in [2.75, 3.05) is 32.7 Å². The fourth-order valence-electron chi connectivity index (χ4n) is 2.48. The molecule has 0 bridgehead atoms. The Bertz CT molecular complexity index is 661. The van der Waals surface area contributed by atoms with Crippen molar-refractivity contribution in [1.82, 2.24) is 15.1 Å². The van der Waals surface area contributed by atoms with E-state index in [1.54, 1.807) is 17.0 Å². The summed E-state index contributed by atoms with van der Waals surface area (Å²) in [4.78, 5) is 36.3. The van der Waals surface area contributed by atoms with E-state index in [2.05, 4.69) is 10.2 Å². The summed E-state index contributed by atoms with van der Waals surface area (Å²) in [6.07, 6.45) is 0.893. The number of hydrogen-bond acceptors (Lipinski definition) is 6. The molecule has 1 aromatic rings. The van der Waals surface area contributed by atoms with E-state index in [0.717, 1.165) is 9.88 Å². The molecule has 1 N–H and O–H groups in total. The van der Waals surface area contributed by atoms with Crippen LogP contribution in [0.25, 0.3) is 0 Å². The molecule has 140 valence electrons. The Balaban J connectivity index is 1.73. The molecule has 8 nitrogen and oxygen atoms in total. The molecule has 0 aromatic heterocycles. The van der Waals surface area contributed by atoms with Gasteiger partial charge in [0.25, 0.3) is 5.69 Å². The van der Waals surface area contributed by atoms with E-state index >= 15 is 0 Å². The fourth-order valence-corrected chi connectivity index (χ4v) is 3.69. The molecule has 1 aromatic carbocycles. The number of nitrogens with zero attached hydrogens (tertiary/aromatic N) is 3. The van der Waals surface area contributed by atoms with Crippen LogP contribution in [0.2, 0.25) is 0 Å². The van der Waals surface area contributed by atoms with Crippen LogP contribution in [0.1, 0.15) is 12.0 Å². The van der Waals surface area contributed by atoms with Crippen LogP contribution in [0.4, 0.5) is 5.69 Å². The average molecular weight is 396 g/mol. The molecule has 0 aliphatic carbocycles. The molecule has 0 spiro atoms. The lowest BCUT2D eigenvalue weighted by molar-refractivity contribution is -0.384. The fraction of sp³-hybridized carbons (Fsp3) is 0.438. The van der Waals surface area contributed by atoms with Crippen molar-refractivity contribution >= 4 is 46.3 Å². The van der Waals surface area contributed by atoms with Gasteiger partial charge in [-0.1, -0.05) is 36.1 Å². The normalized spacial score (nSPS) is 14.0. The summed E-state index contributed by atoms with van der Waals surface area (Å²) in [6, 6.07) is 6.45. The van der Waals surface area contributed by atoms with E-state index in [-0.39, 0.29) is 11.6 Å². The van der Waals surface area contributed by atoms with Crippen LogP contribution in [0, 0.1) is 10.1 Å². The van der Waals surface area contributed by atoms with Crippen molar-refractivity contribution in [2.45, 2.75) is 12.2 Å². The summed E-state index contributed by atoms with van der Waals surface area (Å²) < 4.78 is 0.762. The summed E-state index contributed by atoms with van der Waals surface area (Å²) in [7, 11) is 0. The van der Waals surface area contributed by atoms with Gasteiger partial charge in [-0.3, -0.25) is 19.7 Å². The molecule has 0 atom stereocenters. The summed E-state index contributed by atoms with van der Waals surface area (Å²) in [5.74, 6) is 0.677. The molecule has 26 heavy (non-hydrogen) atoms.